The van der Waals surface area contributed by atoms with E-state index < -0.39 is 5.97 Å². The van der Waals surface area contributed by atoms with Crippen LogP contribution in [0.25, 0.3) is 39.1 Å². The van der Waals surface area contributed by atoms with Crippen molar-refractivity contribution in [2.75, 3.05) is 0 Å². The number of aliphatic carboxylic acids is 1. The number of aromatic nitrogens is 2. The highest BCUT2D eigenvalue weighted by molar-refractivity contribution is 8.03. The zero-order valence-corrected chi connectivity index (χ0v) is 18.1. The number of halogens is 1. The molecule has 5 nitrogen and oxygen atoms in total. The molecule has 0 unspecified atom stereocenters. The van der Waals surface area contributed by atoms with Crippen LogP contribution in [0, 0.1) is 0 Å². The summed E-state index contributed by atoms with van der Waals surface area (Å²) in [6.07, 6.45) is 1.67. The average Bonchev–Trinajstić information content (AvgIpc) is 3.27. The van der Waals surface area contributed by atoms with E-state index in [1.54, 1.807) is 30.3 Å². The predicted octanol–water partition coefficient (Wildman–Crippen LogP) is 6.91. The van der Waals surface area contributed by atoms with E-state index in [4.69, 9.17) is 16.0 Å². The quantitative estimate of drug-likeness (QED) is 0.175. The van der Waals surface area contributed by atoms with Gasteiger partial charge in [-0.05, 0) is 75.3 Å². The highest BCUT2D eigenvalue weighted by Crippen LogP contribution is 2.35. The number of carbonyl (C=O) groups is 1. The monoisotopic (exact) mass is 458 g/mol. The van der Waals surface area contributed by atoms with Crippen molar-refractivity contribution in [2.45, 2.75) is 5.22 Å². The first-order valence-electron chi connectivity index (χ1n) is 9.71. The van der Waals surface area contributed by atoms with Crippen LogP contribution in [-0.4, -0.2) is 21.3 Å². The molecule has 7 heteroatoms. The minimum absolute atomic E-state index is 0.0813. The Bertz CT molecular complexity index is 1440. The number of carboxylic acid groups (broad SMARTS) is 1. The van der Waals surface area contributed by atoms with Gasteiger partial charge in [-0.2, -0.15) is 0 Å². The zero-order chi connectivity index (χ0) is 22.1. The number of benzene rings is 4. The Morgan fingerprint density at radius 1 is 0.906 bits per heavy atom. The summed E-state index contributed by atoms with van der Waals surface area (Å²) in [6, 6.07) is 24.9. The van der Waals surface area contributed by atoms with Crippen molar-refractivity contribution in [1.82, 2.24) is 10.2 Å². The Morgan fingerprint density at radius 2 is 1.53 bits per heavy atom. The van der Waals surface area contributed by atoms with E-state index in [0.29, 0.717) is 16.5 Å². The van der Waals surface area contributed by atoms with E-state index in [1.807, 2.05) is 48.5 Å². The van der Waals surface area contributed by atoms with Crippen LogP contribution in [0.4, 0.5) is 0 Å². The molecule has 5 rings (SSSR count). The third-order valence-electron chi connectivity index (χ3n) is 4.99. The maximum Gasteiger partial charge on any atom is 0.342 e. The molecule has 0 amide bonds. The number of hydrogen-bond donors (Lipinski definition) is 1. The van der Waals surface area contributed by atoms with Gasteiger partial charge in [-0.3, -0.25) is 0 Å². The molecule has 4 aromatic carbocycles. The maximum absolute atomic E-state index is 12.1. The van der Waals surface area contributed by atoms with Crippen LogP contribution < -0.4 is 0 Å². The van der Waals surface area contributed by atoms with E-state index in [1.165, 1.54) is 0 Å². The Morgan fingerprint density at radius 3 is 2.16 bits per heavy atom. The molecule has 0 aliphatic carbocycles. The summed E-state index contributed by atoms with van der Waals surface area (Å²) in [6.45, 7) is 0. The van der Waals surface area contributed by atoms with E-state index in [9.17, 15) is 9.90 Å². The molecule has 0 radical (unpaired) electrons. The van der Waals surface area contributed by atoms with Crippen LogP contribution in [0.1, 0.15) is 5.56 Å². The normalized spacial score (nSPS) is 11.8. The van der Waals surface area contributed by atoms with Crippen molar-refractivity contribution >= 4 is 57.0 Å². The van der Waals surface area contributed by atoms with Crippen LogP contribution in [0.5, 0.6) is 0 Å². The van der Waals surface area contributed by atoms with Crippen molar-refractivity contribution in [3.8, 4) is 11.5 Å². The second-order valence-electron chi connectivity index (χ2n) is 7.03. The predicted molar refractivity (Wildman–Crippen MR) is 128 cm³/mol. The van der Waals surface area contributed by atoms with E-state index in [-0.39, 0.29) is 10.1 Å². The number of nitrogens with zero attached hydrogens (tertiary/aromatic N) is 2. The van der Waals surface area contributed by atoms with Crippen LogP contribution in [0.15, 0.2) is 93.4 Å². The molecular weight excluding hydrogens is 444 g/mol. The Balaban J connectivity index is 1.58. The smallest absolute Gasteiger partial charge is 0.342 e. The SMILES string of the molecule is O=C(O)/C(=C/c1c2ccccc2cc2ccccc12)Sc1nnc(-c2ccc(Cl)cc2)o1. The molecule has 0 spiro atoms. The Hall–Kier alpha value is -3.61. The lowest BCUT2D eigenvalue weighted by atomic mass is 9.96. The molecule has 0 fully saturated rings. The molecule has 5 aromatic rings. The molecule has 0 saturated carbocycles. The van der Waals surface area contributed by atoms with Crippen molar-refractivity contribution in [1.29, 1.82) is 0 Å². The van der Waals surface area contributed by atoms with Gasteiger partial charge >= 0.3 is 5.97 Å². The second kappa shape index (κ2) is 8.49. The van der Waals surface area contributed by atoms with Crippen molar-refractivity contribution < 1.29 is 14.3 Å². The lowest BCUT2D eigenvalue weighted by molar-refractivity contribution is -0.131. The molecule has 0 atom stereocenters. The summed E-state index contributed by atoms with van der Waals surface area (Å²) in [5.74, 6) is -0.775. The van der Waals surface area contributed by atoms with E-state index >= 15 is 0 Å². The van der Waals surface area contributed by atoms with Gasteiger partial charge in [0.15, 0.2) is 0 Å². The molecule has 0 bridgehead atoms. The first-order chi connectivity index (χ1) is 15.6. The molecule has 32 heavy (non-hydrogen) atoms. The highest BCUT2D eigenvalue weighted by Gasteiger charge is 2.17. The van der Waals surface area contributed by atoms with Crippen molar-refractivity contribution in [3.63, 3.8) is 0 Å². The van der Waals surface area contributed by atoms with E-state index in [0.717, 1.165) is 38.9 Å². The number of hydrogen-bond acceptors (Lipinski definition) is 5. The van der Waals surface area contributed by atoms with Crippen molar-refractivity contribution in [2.24, 2.45) is 0 Å². The maximum atomic E-state index is 12.1. The first kappa shape index (κ1) is 20.3. The molecule has 1 aromatic heterocycles. The molecule has 0 aliphatic rings. The molecule has 0 saturated heterocycles. The molecule has 1 N–H and O–H groups in total. The summed E-state index contributed by atoms with van der Waals surface area (Å²) in [7, 11) is 0. The summed E-state index contributed by atoms with van der Waals surface area (Å²) >= 11 is 6.85. The van der Waals surface area contributed by atoms with Gasteiger partial charge in [-0.15, -0.1) is 10.2 Å². The Kier molecular flexibility index (Phi) is 5.39. The third-order valence-corrected chi connectivity index (χ3v) is 6.10. The molecule has 156 valence electrons. The minimum Gasteiger partial charge on any atom is -0.477 e. The minimum atomic E-state index is -1.07. The molecule has 0 aliphatic heterocycles. The zero-order valence-electron chi connectivity index (χ0n) is 16.5. The summed E-state index contributed by atoms with van der Waals surface area (Å²) in [5, 5.41) is 22.7. The van der Waals surface area contributed by atoms with Gasteiger partial charge in [-0.1, -0.05) is 60.1 Å². The fourth-order valence-electron chi connectivity index (χ4n) is 3.52. The summed E-state index contributed by atoms with van der Waals surface area (Å²) in [5.41, 5.74) is 1.54. The molecule has 1 heterocycles. The summed E-state index contributed by atoms with van der Waals surface area (Å²) < 4.78 is 5.70. The number of fused-ring (bicyclic) bond motifs is 2. The fourth-order valence-corrected chi connectivity index (χ4v) is 4.31. The average molecular weight is 459 g/mol. The van der Waals surface area contributed by atoms with Gasteiger partial charge < -0.3 is 9.52 Å². The lowest BCUT2D eigenvalue weighted by Crippen LogP contribution is -1.97. The van der Waals surface area contributed by atoms with Crippen LogP contribution >= 0.6 is 23.4 Å². The van der Waals surface area contributed by atoms with Crippen LogP contribution in [0.2, 0.25) is 5.02 Å². The van der Waals surface area contributed by atoms with Gasteiger partial charge in [-0.25, -0.2) is 4.79 Å². The first-order valence-corrected chi connectivity index (χ1v) is 10.9. The van der Waals surface area contributed by atoms with Crippen LogP contribution in [-0.2, 0) is 4.79 Å². The fraction of sp³-hybridized carbons (Fsp3) is 0. The topological polar surface area (TPSA) is 76.2 Å². The Labute approximate surface area is 192 Å². The highest BCUT2D eigenvalue weighted by atomic mass is 35.5. The largest absolute Gasteiger partial charge is 0.477 e. The number of thioether (sulfide) groups is 1. The summed E-state index contributed by atoms with van der Waals surface area (Å²) in [4.78, 5) is 12.2. The molecular formula is C25H15ClN2O3S. The van der Waals surface area contributed by atoms with Crippen LogP contribution in [0.3, 0.4) is 0 Å². The van der Waals surface area contributed by atoms with Gasteiger partial charge in [0.05, 0.1) is 0 Å². The van der Waals surface area contributed by atoms with Gasteiger partial charge in [0.2, 0.25) is 5.89 Å². The van der Waals surface area contributed by atoms with Gasteiger partial charge in [0.25, 0.3) is 5.22 Å². The van der Waals surface area contributed by atoms with Gasteiger partial charge in [0.1, 0.15) is 4.91 Å². The van der Waals surface area contributed by atoms with E-state index in [2.05, 4.69) is 16.3 Å². The van der Waals surface area contributed by atoms with Gasteiger partial charge in [0, 0.05) is 10.6 Å². The van der Waals surface area contributed by atoms with Crippen molar-refractivity contribution in [3.05, 3.63) is 94.4 Å². The second-order valence-corrected chi connectivity index (χ2v) is 8.46. The lowest BCUT2D eigenvalue weighted by Gasteiger charge is -2.09. The number of carboxylic acids is 1. The number of rotatable bonds is 5. The third kappa shape index (κ3) is 3.98. The standard InChI is InChI=1S/C25H15ClN2O3S/c26-18-11-9-15(10-12-18)23-27-28-25(31-23)32-22(24(29)30)14-21-19-7-3-1-5-16(19)13-17-6-2-4-8-20(17)21/h1-14H,(H,29,30)/b22-14-.